The standard InChI is InChI=1S/C19H23N3O3/c1-12(15-11-24-17-8-4-2-6-13(15)17)21-19(23)20-10-16-14-7-3-5-9-18(14)25-22-16/h2,4,6,8,12,15H,3,5,7,9-11H2,1H3,(H2,20,21,23)/t12-,15-/m1/s1. The first-order valence-electron chi connectivity index (χ1n) is 8.95. The molecule has 1 aliphatic carbocycles. The van der Waals surface area contributed by atoms with E-state index < -0.39 is 0 Å². The number of rotatable bonds is 4. The Morgan fingerprint density at radius 1 is 1.32 bits per heavy atom. The number of aromatic nitrogens is 1. The van der Waals surface area contributed by atoms with Gasteiger partial charge in [0.25, 0.3) is 0 Å². The third-order valence-corrected chi connectivity index (χ3v) is 5.15. The number of para-hydroxylation sites is 1. The summed E-state index contributed by atoms with van der Waals surface area (Å²) in [6.45, 7) is 3.00. The van der Waals surface area contributed by atoms with E-state index in [9.17, 15) is 4.79 Å². The van der Waals surface area contributed by atoms with Gasteiger partial charge in [0.15, 0.2) is 0 Å². The van der Waals surface area contributed by atoms with E-state index in [1.54, 1.807) is 0 Å². The average Bonchev–Trinajstić information content (AvgIpc) is 3.24. The molecule has 0 spiro atoms. The van der Waals surface area contributed by atoms with Gasteiger partial charge in [0, 0.05) is 29.5 Å². The number of hydrogen-bond acceptors (Lipinski definition) is 4. The molecule has 0 saturated carbocycles. The molecular weight excluding hydrogens is 318 g/mol. The molecule has 0 fully saturated rings. The minimum absolute atomic E-state index is 0.0186. The number of aryl methyl sites for hydroxylation is 1. The Labute approximate surface area is 146 Å². The highest BCUT2D eigenvalue weighted by atomic mass is 16.5. The summed E-state index contributed by atoms with van der Waals surface area (Å²) in [6, 6.07) is 7.78. The van der Waals surface area contributed by atoms with E-state index >= 15 is 0 Å². The lowest BCUT2D eigenvalue weighted by Crippen LogP contribution is -2.43. The van der Waals surface area contributed by atoms with Gasteiger partial charge in [-0.2, -0.15) is 0 Å². The summed E-state index contributed by atoms with van der Waals surface area (Å²) in [5, 5.41) is 10.0. The number of urea groups is 1. The molecule has 2 N–H and O–H groups in total. The summed E-state index contributed by atoms with van der Waals surface area (Å²) >= 11 is 0. The van der Waals surface area contributed by atoms with E-state index in [4.69, 9.17) is 9.26 Å². The van der Waals surface area contributed by atoms with Crippen LogP contribution in [0.25, 0.3) is 0 Å². The maximum Gasteiger partial charge on any atom is 0.315 e. The van der Waals surface area contributed by atoms with Crippen LogP contribution in [0.15, 0.2) is 28.8 Å². The third-order valence-electron chi connectivity index (χ3n) is 5.15. The maximum atomic E-state index is 12.3. The van der Waals surface area contributed by atoms with E-state index in [1.165, 1.54) is 5.56 Å². The quantitative estimate of drug-likeness (QED) is 0.896. The summed E-state index contributed by atoms with van der Waals surface area (Å²) in [5.74, 6) is 2.06. The van der Waals surface area contributed by atoms with Crippen LogP contribution in [0.2, 0.25) is 0 Å². The van der Waals surface area contributed by atoms with Crippen LogP contribution in [-0.2, 0) is 19.4 Å². The van der Waals surface area contributed by atoms with Crippen molar-refractivity contribution >= 4 is 6.03 Å². The molecular formula is C19H23N3O3. The van der Waals surface area contributed by atoms with Crippen LogP contribution in [0.5, 0.6) is 5.75 Å². The highest BCUT2D eigenvalue weighted by Crippen LogP contribution is 2.35. The zero-order valence-corrected chi connectivity index (χ0v) is 14.4. The molecule has 2 atom stereocenters. The Kier molecular flexibility index (Phi) is 4.34. The SMILES string of the molecule is C[C@@H](NC(=O)NCc1noc2c1CCCC2)[C@H]1COc2ccccc21. The topological polar surface area (TPSA) is 76.4 Å². The molecule has 1 aliphatic heterocycles. The van der Waals surface area contributed by atoms with E-state index in [-0.39, 0.29) is 18.0 Å². The average molecular weight is 341 g/mol. The molecule has 6 nitrogen and oxygen atoms in total. The van der Waals surface area contributed by atoms with Crippen LogP contribution in [0.3, 0.4) is 0 Å². The van der Waals surface area contributed by atoms with Crippen molar-refractivity contribution in [3.8, 4) is 5.75 Å². The summed E-state index contributed by atoms with van der Waals surface area (Å²) in [6.07, 6.45) is 4.25. The van der Waals surface area contributed by atoms with Crippen molar-refractivity contribution < 1.29 is 14.1 Å². The second kappa shape index (κ2) is 6.78. The van der Waals surface area contributed by atoms with Gasteiger partial charge in [0.05, 0.1) is 13.2 Å². The molecule has 6 heteroatoms. The Balaban J connectivity index is 1.33. The molecule has 0 bridgehead atoms. The first kappa shape index (κ1) is 16.0. The number of carbonyl (C=O) groups is 1. The van der Waals surface area contributed by atoms with Crippen molar-refractivity contribution in [1.29, 1.82) is 0 Å². The normalized spacial score (nSPS) is 19.5. The van der Waals surface area contributed by atoms with Gasteiger partial charge < -0.3 is 19.9 Å². The smallest absolute Gasteiger partial charge is 0.315 e. The van der Waals surface area contributed by atoms with E-state index in [2.05, 4.69) is 21.9 Å². The van der Waals surface area contributed by atoms with E-state index in [0.29, 0.717) is 13.2 Å². The van der Waals surface area contributed by atoms with Gasteiger partial charge >= 0.3 is 6.03 Å². The zero-order chi connectivity index (χ0) is 17.2. The minimum Gasteiger partial charge on any atom is -0.493 e. The lowest BCUT2D eigenvalue weighted by Gasteiger charge is -2.20. The molecule has 1 aromatic carbocycles. The van der Waals surface area contributed by atoms with Gasteiger partial charge in [-0.15, -0.1) is 0 Å². The van der Waals surface area contributed by atoms with Crippen LogP contribution >= 0.6 is 0 Å². The summed E-state index contributed by atoms with van der Waals surface area (Å²) in [5.41, 5.74) is 3.19. The van der Waals surface area contributed by atoms with Crippen molar-refractivity contribution in [2.24, 2.45) is 0 Å². The lowest BCUT2D eigenvalue weighted by molar-refractivity contribution is 0.232. The van der Waals surface area contributed by atoms with E-state index in [1.807, 2.05) is 25.1 Å². The molecule has 1 aromatic heterocycles. The number of nitrogens with zero attached hydrogens (tertiary/aromatic N) is 1. The Morgan fingerprint density at radius 2 is 2.16 bits per heavy atom. The predicted octanol–water partition coefficient (Wildman–Crippen LogP) is 2.92. The second-order valence-corrected chi connectivity index (χ2v) is 6.81. The zero-order valence-electron chi connectivity index (χ0n) is 14.4. The summed E-state index contributed by atoms with van der Waals surface area (Å²) < 4.78 is 11.1. The highest BCUT2D eigenvalue weighted by Gasteiger charge is 2.29. The number of benzene rings is 1. The first-order chi connectivity index (χ1) is 12.2. The third kappa shape index (κ3) is 3.21. The van der Waals surface area contributed by atoms with Crippen LogP contribution in [-0.4, -0.2) is 23.8 Å². The molecule has 4 rings (SSSR count). The fourth-order valence-corrected chi connectivity index (χ4v) is 3.71. The van der Waals surface area contributed by atoms with Gasteiger partial charge in [-0.05, 0) is 32.3 Å². The van der Waals surface area contributed by atoms with Gasteiger partial charge in [-0.25, -0.2) is 4.79 Å². The van der Waals surface area contributed by atoms with Crippen molar-refractivity contribution in [2.75, 3.05) is 6.61 Å². The molecule has 2 aliphatic rings. The van der Waals surface area contributed by atoms with Gasteiger partial charge in [0.1, 0.15) is 17.2 Å². The Morgan fingerprint density at radius 3 is 3.08 bits per heavy atom. The van der Waals surface area contributed by atoms with Crippen LogP contribution in [0.1, 0.15) is 48.3 Å². The Bertz CT molecular complexity index is 771. The Hall–Kier alpha value is -2.50. The molecule has 132 valence electrons. The molecule has 2 amide bonds. The fourth-order valence-electron chi connectivity index (χ4n) is 3.71. The van der Waals surface area contributed by atoms with Crippen LogP contribution in [0, 0.1) is 0 Å². The lowest BCUT2D eigenvalue weighted by atomic mass is 9.94. The van der Waals surface area contributed by atoms with Crippen molar-refractivity contribution in [3.05, 3.63) is 46.8 Å². The fraction of sp³-hybridized carbons (Fsp3) is 0.474. The van der Waals surface area contributed by atoms with Crippen LogP contribution in [0.4, 0.5) is 4.79 Å². The monoisotopic (exact) mass is 341 g/mol. The molecule has 25 heavy (non-hydrogen) atoms. The number of ether oxygens (including phenoxy) is 1. The molecule has 0 saturated heterocycles. The van der Waals surface area contributed by atoms with Gasteiger partial charge in [-0.1, -0.05) is 23.4 Å². The highest BCUT2D eigenvalue weighted by molar-refractivity contribution is 5.74. The maximum absolute atomic E-state index is 12.3. The predicted molar refractivity (Wildman–Crippen MR) is 92.7 cm³/mol. The number of nitrogens with one attached hydrogen (secondary N) is 2. The number of hydrogen-bond donors (Lipinski definition) is 2. The number of fused-ring (bicyclic) bond motifs is 2. The largest absolute Gasteiger partial charge is 0.493 e. The van der Waals surface area contributed by atoms with Gasteiger partial charge in [0.2, 0.25) is 0 Å². The van der Waals surface area contributed by atoms with Gasteiger partial charge in [-0.3, -0.25) is 0 Å². The summed E-state index contributed by atoms with van der Waals surface area (Å²) in [7, 11) is 0. The van der Waals surface area contributed by atoms with Crippen molar-refractivity contribution in [3.63, 3.8) is 0 Å². The van der Waals surface area contributed by atoms with Crippen molar-refractivity contribution in [2.45, 2.75) is 51.1 Å². The molecule has 0 radical (unpaired) electrons. The molecule has 0 unspecified atom stereocenters. The first-order valence-corrected chi connectivity index (χ1v) is 8.95. The molecule has 2 aromatic rings. The van der Waals surface area contributed by atoms with E-state index in [0.717, 1.165) is 48.5 Å². The second-order valence-electron chi connectivity index (χ2n) is 6.81. The summed E-state index contributed by atoms with van der Waals surface area (Å²) in [4.78, 5) is 12.3. The minimum atomic E-state index is -0.190. The number of amides is 2. The molecule has 2 heterocycles. The van der Waals surface area contributed by atoms with Crippen molar-refractivity contribution in [1.82, 2.24) is 15.8 Å². The number of carbonyl (C=O) groups excluding carboxylic acids is 1. The van der Waals surface area contributed by atoms with Crippen LogP contribution < -0.4 is 15.4 Å².